The van der Waals surface area contributed by atoms with E-state index in [1.807, 2.05) is 32.0 Å². The van der Waals surface area contributed by atoms with E-state index in [4.69, 9.17) is 5.73 Å². The highest BCUT2D eigenvalue weighted by Gasteiger charge is 2.07. The maximum Gasteiger partial charge on any atom is 0.251 e. The van der Waals surface area contributed by atoms with E-state index in [1.165, 1.54) is 22.9 Å². The first kappa shape index (κ1) is 13.9. The highest BCUT2D eigenvalue weighted by molar-refractivity contribution is 5.91. The molecule has 0 saturated carbocycles. The smallest absolute Gasteiger partial charge is 0.251 e. The Labute approximate surface area is 117 Å². The van der Waals surface area contributed by atoms with E-state index in [2.05, 4.69) is 5.32 Å². The van der Waals surface area contributed by atoms with E-state index in [9.17, 15) is 9.59 Å². The zero-order chi connectivity index (χ0) is 14.7. The third-order valence-electron chi connectivity index (χ3n) is 3.20. The minimum Gasteiger partial charge on any atom is -0.398 e. The molecule has 5 nitrogen and oxygen atoms in total. The van der Waals surface area contributed by atoms with Crippen molar-refractivity contribution in [3.05, 3.63) is 58.0 Å². The lowest BCUT2D eigenvalue weighted by molar-refractivity contribution is -0.116. The van der Waals surface area contributed by atoms with Crippen molar-refractivity contribution in [1.29, 1.82) is 0 Å². The number of aromatic nitrogens is 1. The summed E-state index contributed by atoms with van der Waals surface area (Å²) in [7, 11) is 0. The topological polar surface area (TPSA) is 77.1 Å². The van der Waals surface area contributed by atoms with Gasteiger partial charge >= 0.3 is 0 Å². The maximum atomic E-state index is 12.0. The van der Waals surface area contributed by atoms with Gasteiger partial charge in [0.25, 0.3) is 5.56 Å². The molecular weight excluding hydrogens is 254 g/mol. The Hall–Kier alpha value is -2.56. The average molecular weight is 271 g/mol. The normalized spacial score (nSPS) is 10.3. The van der Waals surface area contributed by atoms with Crippen LogP contribution in [-0.2, 0) is 11.3 Å². The molecule has 2 rings (SSSR count). The lowest BCUT2D eigenvalue weighted by atomic mass is 10.1. The lowest BCUT2D eigenvalue weighted by Crippen LogP contribution is -2.27. The van der Waals surface area contributed by atoms with Crippen molar-refractivity contribution >= 4 is 17.3 Å². The second kappa shape index (κ2) is 5.61. The van der Waals surface area contributed by atoms with Crippen LogP contribution in [0.25, 0.3) is 0 Å². The fraction of sp³-hybridized carbons (Fsp3) is 0.200. The Kier molecular flexibility index (Phi) is 3.89. The number of rotatable bonds is 3. The fourth-order valence-corrected chi connectivity index (χ4v) is 1.90. The average Bonchev–Trinajstić information content (AvgIpc) is 2.39. The Morgan fingerprint density at radius 2 is 2.00 bits per heavy atom. The number of nitrogens with two attached hydrogens (primary N) is 1. The van der Waals surface area contributed by atoms with E-state index in [0.717, 1.165) is 16.8 Å². The van der Waals surface area contributed by atoms with Gasteiger partial charge in [-0.15, -0.1) is 0 Å². The van der Waals surface area contributed by atoms with Crippen LogP contribution in [0.5, 0.6) is 0 Å². The van der Waals surface area contributed by atoms with Gasteiger partial charge in [0.05, 0.1) is 0 Å². The van der Waals surface area contributed by atoms with E-state index < -0.39 is 0 Å². The first-order valence-corrected chi connectivity index (χ1v) is 6.29. The minimum atomic E-state index is -0.258. The summed E-state index contributed by atoms with van der Waals surface area (Å²) in [4.78, 5) is 23.6. The molecule has 5 heteroatoms. The van der Waals surface area contributed by atoms with Crippen molar-refractivity contribution in [2.45, 2.75) is 20.4 Å². The minimum absolute atomic E-state index is 0.0583. The largest absolute Gasteiger partial charge is 0.398 e. The second-order valence-corrected chi connectivity index (χ2v) is 4.72. The first-order valence-electron chi connectivity index (χ1n) is 6.29. The summed E-state index contributed by atoms with van der Waals surface area (Å²) in [6.07, 6.45) is 1.46. The summed E-state index contributed by atoms with van der Waals surface area (Å²) in [5.74, 6) is -0.258. The predicted molar refractivity (Wildman–Crippen MR) is 79.7 cm³/mol. The van der Waals surface area contributed by atoms with Crippen LogP contribution >= 0.6 is 0 Å². The Bertz CT molecular complexity index is 705. The number of hydrogen-bond donors (Lipinski definition) is 2. The molecule has 1 aromatic heterocycles. The summed E-state index contributed by atoms with van der Waals surface area (Å²) in [6.45, 7) is 3.86. The van der Waals surface area contributed by atoms with Crippen LogP contribution < -0.4 is 16.6 Å². The standard InChI is InChI=1S/C15H17N3O2/c1-10-4-3-5-13(11(10)2)17-14(19)9-18-8-12(16)6-7-15(18)20/h3-8H,9,16H2,1-2H3,(H,17,19). The molecule has 0 atom stereocenters. The first-order chi connectivity index (χ1) is 9.47. The maximum absolute atomic E-state index is 12.0. The van der Waals surface area contributed by atoms with Gasteiger partial charge in [0.1, 0.15) is 6.54 Å². The molecule has 1 heterocycles. The summed E-state index contributed by atoms with van der Waals surface area (Å²) in [5.41, 5.74) is 8.67. The number of nitrogens with zero attached hydrogens (tertiary/aromatic N) is 1. The monoisotopic (exact) mass is 271 g/mol. The van der Waals surface area contributed by atoms with Crippen LogP contribution in [0, 0.1) is 13.8 Å². The number of nitrogen functional groups attached to an aromatic ring is 1. The Morgan fingerprint density at radius 3 is 2.75 bits per heavy atom. The van der Waals surface area contributed by atoms with Gasteiger partial charge in [-0.25, -0.2) is 0 Å². The molecule has 0 saturated heterocycles. The molecule has 104 valence electrons. The van der Waals surface area contributed by atoms with Crippen LogP contribution in [0.1, 0.15) is 11.1 Å². The van der Waals surface area contributed by atoms with E-state index in [1.54, 1.807) is 0 Å². The molecular formula is C15H17N3O2. The molecule has 0 aliphatic rings. The quantitative estimate of drug-likeness (QED) is 0.891. The number of benzene rings is 1. The third kappa shape index (κ3) is 3.06. The van der Waals surface area contributed by atoms with Crippen LogP contribution in [-0.4, -0.2) is 10.5 Å². The Morgan fingerprint density at radius 1 is 1.25 bits per heavy atom. The number of pyridine rings is 1. The molecule has 0 spiro atoms. The van der Waals surface area contributed by atoms with Crippen molar-refractivity contribution in [3.8, 4) is 0 Å². The van der Waals surface area contributed by atoms with Gasteiger partial charge in [-0.3, -0.25) is 9.59 Å². The second-order valence-electron chi connectivity index (χ2n) is 4.72. The van der Waals surface area contributed by atoms with Gasteiger partial charge in [-0.05, 0) is 37.1 Å². The van der Waals surface area contributed by atoms with Gasteiger partial charge in [-0.2, -0.15) is 0 Å². The molecule has 1 aromatic carbocycles. The van der Waals surface area contributed by atoms with Gasteiger partial charge in [-0.1, -0.05) is 12.1 Å². The van der Waals surface area contributed by atoms with Crippen molar-refractivity contribution in [3.63, 3.8) is 0 Å². The Balaban J connectivity index is 2.15. The molecule has 0 fully saturated rings. The van der Waals surface area contributed by atoms with Gasteiger partial charge in [0.2, 0.25) is 5.91 Å². The summed E-state index contributed by atoms with van der Waals surface area (Å²) in [5, 5.41) is 2.81. The zero-order valence-electron chi connectivity index (χ0n) is 11.5. The van der Waals surface area contributed by atoms with Crippen molar-refractivity contribution in [2.24, 2.45) is 0 Å². The fourth-order valence-electron chi connectivity index (χ4n) is 1.90. The molecule has 0 aliphatic carbocycles. The number of nitrogens with one attached hydrogen (secondary N) is 1. The SMILES string of the molecule is Cc1cccc(NC(=O)Cn2cc(N)ccc2=O)c1C. The van der Waals surface area contributed by atoms with Crippen molar-refractivity contribution < 1.29 is 4.79 Å². The molecule has 0 unspecified atom stereocenters. The highest BCUT2D eigenvalue weighted by Crippen LogP contribution is 2.17. The van der Waals surface area contributed by atoms with E-state index in [-0.39, 0.29) is 18.0 Å². The van der Waals surface area contributed by atoms with Crippen molar-refractivity contribution in [1.82, 2.24) is 4.57 Å². The molecule has 1 amide bonds. The van der Waals surface area contributed by atoms with Crippen molar-refractivity contribution in [2.75, 3.05) is 11.1 Å². The number of hydrogen-bond acceptors (Lipinski definition) is 3. The molecule has 0 aliphatic heterocycles. The highest BCUT2D eigenvalue weighted by atomic mass is 16.2. The lowest BCUT2D eigenvalue weighted by Gasteiger charge is -2.11. The summed E-state index contributed by atoms with van der Waals surface area (Å²) >= 11 is 0. The van der Waals surface area contributed by atoms with Gasteiger partial charge < -0.3 is 15.6 Å². The number of aryl methyl sites for hydroxylation is 1. The molecule has 0 bridgehead atoms. The van der Waals surface area contributed by atoms with Crippen LogP contribution in [0.3, 0.4) is 0 Å². The molecule has 20 heavy (non-hydrogen) atoms. The number of carbonyl (C=O) groups is 1. The zero-order valence-corrected chi connectivity index (χ0v) is 11.5. The number of anilines is 2. The van der Waals surface area contributed by atoms with E-state index in [0.29, 0.717) is 5.69 Å². The van der Waals surface area contributed by atoms with Crippen LogP contribution in [0.2, 0.25) is 0 Å². The molecule has 3 N–H and O–H groups in total. The van der Waals surface area contributed by atoms with E-state index >= 15 is 0 Å². The summed E-state index contributed by atoms with van der Waals surface area (Å²) < 4.78 is 1.29. The summed E-state index contributed by atoms with van der Waals surface area (Å²) in [6, 6.07) is 8.56. The van der Waals surface area contributed by atoms with Crippen LogP contribution in [0.15, 0.2) is 41.3 Å². The number of carbonyl (C=O) groups excluding carboxylic acids is 1. The van der Waals surface area contributed by atoms with Gasteiger partial charge in [0, 0.05) is 23.6 Å². The molecule has 0 radical (unpaired) electrons. The predicted octanol–water partition coefficient (Wildman–Crippen LogP) is 1.69. The molecule has 2 aromatic rings. The third-order valence-corrected chi connectivity index (χ3v) is 3.20. The number of amides is 1. The van der Waals surface area contributed by atoms with Crippen LogP contribution in [0.4, 0.5) is 11.4 Å². The van der Waals surface area contributed by atoms with Gasteiger partial charge in [0.15, 0.2) is 0 Å².